The van der Waals surface area contributed by atoms with Gasteiger partial charge in [0.15, 0.2) is 0 Å². The van der Waals surface area contributed by atoms with Crippen molar-refractivity contribution in [1.29, 1.82) is 0 Å². The molecule has 0 bridgehead atoms. The fourth-order valence-corrected chi connectivity index (χ4v) is 1.99. The molecule has 0 spiro atoms. The number of hydrogen-bond acceptors (Lipinski definition) is 3. The molecule has 3 nitrogen and oxygen atoms in total. The maximum absolute atomic E-state index is 10.2. The van der Waals surface area contributed by atoms with E-state index in [1.165, 1.54) is 10.5 Å². The minimum absolute atomic E-state index is 0.567. The number of thioether (sulfide) groups is 1. The van der Waals surface area contributed by atoms with E-state index in [0.717, 1.165) is 18.4 Å². The summed E-state index contributed by atoms with van der Waals surface area (Å²) in [6.45, 7) is 3.45. The van der Waals surface area contributed by atoms with Crippen molar-refractivity contribution in [3.63, 3.8) is 0 Å². The molecule has 0 radical (unpaired) electrons. The fraction of sp³-hybridized carbons (Fsp3) is 0.308. The van der Waals surface area contributed by atoms with E-state index >= 15 is 0 Å². The van der Waals surface area contributed by atoms with Crippen LogP contribution >= 0.6 is 11.8 Å². The average molecular weight is 251 g/mol. The predicted molar refractivity (Wildman–Crippen MR) is 71.3 cm³/mol. The smallest absolute Gasteiger partial charge is 0.328 e. The molecule has 92 valence electrons. The van der Waals surface area contributed by atoms with Crippen LogP contribution in [-0.2, 0) is 11.3 Å². The normalized spacial score (nSPS) is 10.9. The van der Waals surface area contributed by atoms with Gasteiger partial charge >= 0.3 is 5.97 Å². The van der Waals surface area contributed by atoms with Gasteiger partial charge in [-0.05, 0) is 23.4 Å². The molecule has 0 atom stereocenters. The van der Waals surface area contributed by atoms with Crippen molar-refractivity contribution in [1.82, 2.24) is 5.32 Å². The fourth-order valence-electron chi connectivity index (χ4n) is 1.33. The lowest BCUT2D eigenvalue weighted by molar-refractivity contribution is -0.131. The van der Waals surface area contributed by atoms with Gasteiger partial charge in [-0.3, -0.25) is 0 Å². The summed E-state index contributed by atoms with van der Waals surface area (Å²) in [6.07, 6.45) is 2.75. The number of carboxylic acids is 1. The van der Waals surface area contributed by atoms with E-state index in [1.54, 1.807) is 6.08 Å². The van der Waals surface area contributed by atoms with Crippen molar-refractivity contribution in [2.75, 3.05) is 12.3 Å². The third-order valence-electron chi connectivity index (χ3n) is 2.09. The summed E-state index contributed by atoms with van der Waals surface area (Å²) in [6, 6.07) is 8.40. The van der Waals surface area contributed by atoms with E-state index < -0.39 is 5.97 Å². The van der Waals surface area contributed by atoms with E-state index in [2.05, 4.69) is 36.5 Å². The van der Waals surface area contributed by atoms with Crippen LogP contribution in [0.25, 0.3) is 0 Å². The third kappa shape index (κ3) is 6.14. The van der Waals surface area contributed by atoms with Gasteiger partial charge < -0.3 is 10.4 Å². The molecule has 1 aromatic rings. The first-order valence-electron chi connectivity index (χ1n) is 5.54. The second-order valence-corrected chi connectivity index (χ2v) is 4.79. The van der Waals surface area contributed by atoms with Crippen LogP contribution < -0.4 is 5.32 Å². The summed E-state index contributed by atoms with van der Waals surface area (Å²) in [7, 11) is 0. The number of rotatable bonds is 7. The van der Waals surface area contributed by atoms with E-state index in [9.17, 15) is 4.79 Å². The molecule has 0 saturated carbocycles. The maximum atomic E-state index is 10.2. The molecule has 4 heteroatoms. The zero-order valence-electron chi connectivity index (χ0n) is 9.85. The van der Waals surface area contributed by atoms with Crippen LogP contribution in [0.5, 0.6) is 0 Å². The van der Waals surface area contributed by atoms with Gasteiger partial charge in [0.05, 0.1) is 0 Å². The van der Waals surface area contributed by atoms with Crippen molar-refractivity contribution in [3.8, 4) is 0 Å². The van der Waals surface area contributed by atoms with E-state index in [4.69, 9.17) is 5.11 Å². The molecule has 0 saturated heterocycles. The monoisotopic (exact) mass is 251 g/mol. The van der Waals surface area contributed by atoms with Crippen LogP contribution in [0.1, 0.15) is 12.5 Å². The lowest BCUT2D eigenvalue weighted by Crippen LogP contribution is -2.13. The summed E-state index contributed by atoms with van der Waals surface area (Å²) in [5, 5.41) is 11.5. The van der Waals surface area contributed by atoms with Crippen LogP contribution in [0, 0.1) is 0 Å². The number of carboxylic acid groups (broad SMARTS) is 1. The van der Waals surface area contributed by atoms with Crippen molar-refractivity contribution < 1.29 is 9.90 Å². The Morgan fingerprint density at radius 2 is 2.12 bits per heavy atom. The molecule has 0 aliphatic rings. The van der Waals surface area contributed by atoms with Crippen molar-refractivity contribution >= 4 is 17.7 Å². The van der Waals surface area contributed by atoms with Gasteiger partial charge in [-0.25, -0.2) is 4.79 Å². The van der Waals surface area contributed by atoms with Crippen LogP contribution in [0.15, 0.2) is 41.3 Å². The lowest BCUT2D eigenvalue weighted by Gasteiger charge is -2.03. The molecule has 0 heterocycles. The Labute approximate surface area is 106 Å². The average Bonchev–Trinajstić information content (AvgIpc) is 2.31. The van der Waals surface area contributed by atoms with Gasteiger partial charge in [0.1, 0.15) is 0 Å². The van der Waals surface area contributed by atoms with Gasteiger partial charge in [-0.2, -0.15) is 0 Å². The summed E-state index contributed by atoms with van der Waals surface area (Å²) in [5.74, 6) is 0.171. The molecule has 0 fully saturated rings. The van der Waals surface area contributed by atoms with Gasteiger partial charge in [0.2, 0.25) is 0 Å². The Kier molecular flexibility index (Phi) is 6.43. The number of aliphatic carboxylic acids is 1. The Bertz CT molecular complexity index is 374. The second kappa shape index (κ2) is 7.92. The predicted octanol–water partition coefficient (Wildman–Crippen LogP) is 2.53. The Balaban J connectivity index is 2.29. The van der Waals surface area contributed by atoms with E-state index in [-0.39, 0.29) is 0 Å². The summed E-state index contributed by atoms with van der Waals surface area (Å²) < 4.78 is 0. The first kappa shape index (κ1) is 13.8. The van der Waals surface area contributed by atoms with Crippen LogP contribution in [0.2, 0.25) is 0 Å². The standard InChI is InChI=1S/C13H17NO2S/c1-2-17-12-7-5-11(6-8-12)10-14-9-3-4-13(15)16/h3-8,14H,2,9-10H2,1H3,(H,15,16)/b4-3+. The SMILES string of the molecule is CCSc1ccc(CNC/C=C/C(=O)O)cc1. The second-order valence-electron chi connectivity index (χ2n) is 3.45. The van der Waals surface area contributed by atoms with Crippen LogP contribution in [0.4, 0.5) is 0 Å². The highest BCUT2D eigenvalue weighted by molar-refractivity contribution is 7.99. The number of benzene rings is 1. The van der Waals surface area contributed by atoms with E-state index in [0.29, 0.717) is 6.54 Å². The Morgan fingerprint density at radius 3 is 2.71 bits per heavy atom. The highest BCUT2D eigenvalue weighted by atomic mass is 32.2. The molecule has 0 unspecified atom stereocenters. The summed E-state index contributed by atoms with van der Waals surface area (Å²) >= 11 is 1.82. The number of hydrogen-bond donors (Lipinski definition) is 2. The first-order chi connectivity index (χ1) is 8.22. The Hall–Kier alpha value is -1.26. The Morgan fingerprint density at radius 1 is 1.41 bits per heavy atom. The highest BCUT2D eigenvalue weighted by Gasteiger charge is 1.94. The molecule has 0 aliphatic heterocycles. The summed E-state index contributed by atoms with van der Waals surface area (Å²) in [4.78, 5) is 11.5. The van der Waals surface area contributed by atoms with E-state index in [1.807, 2.05) is 11.8 Å². The number of carbonyl (C=O) groups is 1. The van der Waals surface area contributed by atoms with Gasteiger partial charge in [0.25, 0.3) is 0 Å². The largest absolute Gasteiger partial charge is 0.478 e. The van der Waals surface area contributed by atoms with Crippen LogP contribution in [0.3, 0.4) is 0 Å². The molecule has 0 aliphatic carbocycles. The highest BCUT2D eigenvalue weighted by Crippen LogP contribution is 2.17. The van der Waals surface area contributed by atoms with Crippen molar-refractivity contribution in [2.24, 2.45) is 0 Å². The van der Waals surface area contributed by atoms with Crippen molar-refractivity contribution in [3.05, 3.63) is 42.0 Å². The molecule has 2 N–H and O–H groups in total. The zero-order valence-corrected chi connectivity index (χ0v) is 10.7. The third-order valence-corrected chi connectivity index (χ3v) is 2.98. The molecule has 1 rings (SSSR count). The van der Waals surface area contributed by atoms with Crippen LogP contribution in [-0.4, -0.2) is 23.4 Å². The molecule has 0 amide bonds. The minimum atomic E-state index is -0.909. The molecule has 1 aromatic carbocycles. The minimum Gasteiger partial charge on any atom is -0.478 e. The van der Waals surface area contributed by atoms with Crippen molar-refractivity contribution in [2.45, 2.75) is 18.4 Å². The molecular weight excluding hydrogens is 234 g/mol. The molecular formula is C13H17NO2S. The number of nitrogens with one attached hydrogen (secondary N) is 1. The van der Waals surface area contributed by atoms with Gasteiger partial charge in [0, 0.05) is 24.1 Å². The topological polar surface area (TPSA) is 49.3 Å². The quantitative estimate of drug-likeness (QED) is 0.444. The first-order valence-corrected chi connectivity index (χ1v) is 6.53. The molecule has 0 aromatic heterocycles. The van der Waals surface area contributed by atoms with Gasteiger partial charge in [-0.1, -0.05) is 25.1 Å². The zero-order chi connectivity index (χ0) is 12.5. The molecule has 17 heavy (non-hydrogen) atoms. The maximum Gasteiger partial charge on any atom is 0.328 e. The summed E-state index contributed by atoms with van der Waals surface area (Å²) in [5.41, 5.74) is 1.20. The van der Waals surface area contributed by atoms with Gasteiger partial charge in [-0.15, -0.1) is 11.8 Å². The lowest BCUT2D eigenvalue weighted by atomic mass is 10.2.